The van der Waals surface area contributed by atoms with Crippen molar-refractivity contribution in [1.82, 2.24) is 4.90 Å². The number of likely N-dealkylation sites (tertiary alicyclic amines) is 1. The van der Waals surface area contributed by atoms with E-state index in [1.807, 2.05) is 43.0 Å². The molecular formula is C13H17NO2. The van der Waals surface area contributed by atoms with Crippen molar-refractivity contribution >= 4 is 5.91 Å². The lowest BCUT2D eigenvalue weighted by Crippen LogP contribution is -2.62. The minimum absolute atomic E-state index is 0.0922. The molecule has 0 aromatic heterocycles. The van der Waals surface area contributed by atoms with Crippen molar-refractivity contribution in [2.45, 2.75) is 19.4 Å². The fourth-order valence-electron chi connectivity index (χ4n) is 1.91. The minimum Gasteiger partial charge on any atom is -0.375 e. The summed E-state index contributed by atoms with van der Waals surface area (Å²) in [5.74, 6) is 0.0922. The lowest BCUT2D eigenvalue weighted by Gasteiger charge is -2.46. The molecule has 1 amide bonds. The molecule has 1 aliphatic rings. The molecule has 1 heterocycles. The van der Waals surface area contributed by atoms with Gasteiger partial charge in [-0.1, -0.05) is 17.7 Å². The summed E-state index contributed by atoms with van der Waals surface area (Å²) in [6.45, 7) is 5.39. The first kappa shape index (κ1) is 11.1. The predicted octanol–water partition coefficient (Wildman–Crippen LogP) is 1.86. The molecule has 1 saturated heterocycles. The third kappa shape index (κ3) is 1.95. The Bertz CT molecular complexity index is 391. The molecule has 1 fully saturated rings. The maximum atomic E-state index is 12.0. The Balaban J connectivity index is 2.03. The van der Waals surface area contributed by atoms with Gasteiger partial charge in [0.15, 0.2) is 0 Å². The highest BCUT2D eigenvalue weighted by Crippen LogP contribution is 2.25. The molecule has 0 bridgehead atoms. The van der Waals surface area contributed by atoms with Crippen molar-refractivity contribution in [1.29, 1.82) is 0 Å². The molecule has 1 aromatic rings. The fourth-order valence-corrected chi connectivity index (χ4v) is 1.91. The third-order valence-corrected chi connectivity index (χ3v) is 3.13. The maximum absolute atomic E-state index is 12.0. The molecule has 0 saturated carbocycles. The largest absolute Gasteiger partial charge is 0.375 e. The number of hydrogen-bond donors (Lipinski definition) is 0. The van der Waals surface area contributed by atoms with E-state index in [0.29, 0.717) is 13.1 Å². The summed E-state index contributed by atoms with van der Waals surface area (Å²) in [7, 11) is 1.69. The molecule has 86 valence electrons. The van der Waals surface area contributed by atoms with Gasteiger partial charge in [0.25, 0.3) is 5.91 Å². The molecule has 0 atom stereocenters. The van der Waals surface area contributed by atoms with Crippen LogP contribution >= 0.6 is 0 Å². The van der Waals surface area contributed by atoms with Crippen LogP contribution in [0.3, 0.4) is 0 Å². The number of amides is 1. The first-order valence-electron chi connectivity index (χ1n) is 5.45. The summed E-state index contributed by atoms with van der Waals surface area (Å²) >= 11 is 0. The number of ether oxygens (including phenoxy) is 1. The molecule has 3 nitrogen and oxygen atoms in total. The molecule has 2 rings (SSSR count). The van der Waals surface area contributed by atoms with E-state index in [-0.39, 0.29) is 11.5 Å². The van der Waals surface area contributed by atoms with Gasteiger partial charge in [-0.25, -0.2) is 0 Å². The van der Waals surface area contributed by atoms with Crippen LogP contribution in [-0.4, -0.2) is 36.6 Å². The Morgan fingerprint density at radius 1 is 1.31 bits per heavy atom. The predicted molar refractivity (Wildman–Crippen MR) is 62.5 cm³/mol. The average molecular weight is 219 g/mol. The summed E-state index contributed by atoms with van der Waals surface area (Å²) in [6, 6.07) is 7.67. The molecule has 0 spiro atoms. The quantitative estimate of drug-likeness (QED) is 0.759. The number of hydrogen-bond acceptors (Lipinski definition) is 2. The van der Waals surface area contributed by atoms with E-state index in [1.54, 1.807) is 7.11 Å². The number of nitrogens with zero attached hydrogens (tertiary/aromatic N) is 1. The summed E-state index contributed by atoms with van der Waals surface area (Å²) in [6.07, 6.45) is 0. The minimum atomic E-state index is -0.152. The number of methoxy groups -OCH3 is 1. The van der Waals surface area contributed by atoms with Gasteiger partial charge in [0.2, 0.25) is 0 Å². The summed E-state index contributed by atoms with van der Waals surface area (Å²) in [5.41, 5.74) is 1.77. The highest BCUT2D eigenvalue weighted by Gasteiger charge is 2.41. The van der Waals surface area contributed by atoms with Crippen molar-refractivity contribution in [3.8, 4) is 0 Å². The van der Waals surface area contributed by atoms with Gasteiger partial charge in [-0.3, -0.25) is 4.79 Å². The lowest BCUT2D eigenvalue weighted by molar-refractivity contribution is -0.0947. The van der Waals surface area contributed by atoms with Crippen LogP contribution in [0.2, 0.25) is 0 Å². The Hall–Kier alpha value is -1.35. The van der Waals surface area contributed by atoms with Crippen LogP contribution in [0.15, 0.2) is 24.3 Å². The van der Waals surface area contributed by atoms with Crippen molar-refractivity contribution < 1.29 is 9.53 Å². The van der Waals surface area contributed by atoms with E-state index in [4.69, 9.17) is 4.74 Å². The normalized spacial score (nSPS) is 18.1. The van der Waals surface area contributed by atoms with Crippen molar-refractivity contribution in [2.24, 2.45) is 0 Å². The number of benzene rings is 1. The molecule has 0 aliphatic carbocycles. The third-order valence-electron chi connectivity index (χ3n) is 3.13. The van der Waals surface area contributed by atoms with Gasteiger partial charge in [-0.2, -0.15) is 0 Å². The Kier molecular flexibility index (Phi) is 2.72. The Labute approximate surface area is 96.0 Å². The summed E-state index contributed by atoms with van der Waals surface area (Å²) < 4.78 is 5.32. The van der Waals surface area contributed by atoms with Gasteiger partial charge in [-0.15, -0.1) is 0 Å². The van der Waals surface area contributed by atoms with Crippen LogP contribution in [0.5, 0.6) is 0 Å². The second-order valence-corrected chi connectivity index (χ2v) is 4.68. The first-order valence-corrected chi connectivity index (χ1v) is 5.45. The van der Waals surface area contributed by atoms with Crippen LogP contribution in [0.25, 0.3) is 0 Å². The zero-order chi connectivity index (χ0) is 11.8. The highest BCUT2D eigenvalue weighted by atomic mass is 16.5. The van der Waals surface area contributed by atoms with Crippen LogP contribution in [-0.2, 0) is 4.74 Å². The van der Waals surface area contributed by atoms with Crippen molar-refractivity contribution in [3.05, 3.63) is 35.4 Å². The van der Waals surface area contributed by atoms with E-state index in [2.05, 4.69) is 0 Å². The smallest absolute Gasteiger partial charge is 0.254 e. The van der Waals surface area contributed by atoms with E-state index in [9.17, 15) is 4.79 Å². The molecular weight excluding hydrogens is 202 g/mol. The SMILES string of the molecule is COC1(C)CN(C(=O)c2ccc(C)cc2)C1. The average Bonchev–Trinajstić information content (AvgIpc) is 2.25. The van der Waals surface area contributed by atoms with Crippen LogP contribution in [0.1, 0.15) is 22.8 Å². The van der Waals surface area contributed by atoms with Gasteiger partial charge in [-0.05, 0) is 26.0 Å². The lowest BCUT2D eigenvalue weighted by atomic mass is 9.95. The van der Waals surface area contributed by atoms with Gasteiger partial charge < -0.3 is 9.64 Å². The molecule has 1 aliphatic heterocycles. The highest BCUT2D eigenvalue weighted by molar-refractivity contribution is 5.95. The molecule has 16 heavy (non-hydrogen) atoms. The molecule has 1 aromatic carbocycles. The maximum Gasteiger partial charge on any atom is 0.254 e. The topological polar surface area (TPSA) is 29.5 Å². The Morgan fingerprint density at radius 3 is 2.38 bits per heavy atom. The second kappa shape index (κ2) is 3.91. The zero-order valence-corrected chi connectivity index (χ0v) is 9.99. The molecule has 0 unspecified atom stereocenters. The fraction of sp³-hybridized carbons (Fsp3) is 0.462. The van der Waals surface area contributed by atoms with Gasteiger partial charge >= 0.3 is 0 Å². The monoisotopic (exact) mass is 219 g/mol. The van der Waals surface area contributed by atoms with Gasteiger partial charge in [0.1, 0.15) is 5.60 Å². The second-order valence-electron chi connectivity index (χ2n) is 4.68. The molecule has 0 N–H and O–H groups in total. The number of rotatable bonds is 2. The number of carbonyl (C=O) groups is 1. The molecule has 0 radical (unpaired) electrons. The number of carbonyl (C=O) groups excluding carboxylic acids is 1. The van der Waals surface area contributed by atoms with Crippen LogP contribution in [0.4, 0.5) is 0 Å². The number of aryl methyl sites for hydroxylation is 1. The summed E-state index contributed by atoms with van der Waals surface area (Å²) in [5, 5.41) is 0. The van der Waals surface area contributed by atoms with Gasteiger partial charge in [0, 0.05) is 12.7 Å². The van der Waals surface area contributed by atoms with Crippen LogP contribution in [0, 0.1) is 6.92 Å². The standard InChI is InChI=1S/C13H17NO2/c1-10-4-6-11(7-5-10)12(15)14-8-13(2,9-14)16-3/h4-7H,8-9H2,1-3H3. The zero-order valence-electron chi connectivity index (χ0n) is 9.99. The van der Waals surface area contributed by atoms with E-state index >= 15 is 0 Å². The van der Waals surface area contributed by atoms with E-state index < -0.39 is 0 Å². The Morgan fingerprint density at radius 2 is 1.88 bits per heavy atom. The van der Waals surface area contributed by atoms with Gasteiger partial charge in [0.05, 0.1) is 13.1 Å². The van der Waals surface area contributed by atoms with E-state index in [0.717, 1.165) is 5.56 Å². The van der Waals surface area contributed by atoms with Crippen molar-refractivity contribution in [3.63, 3.8) is 0 Å². The first-order chi connectivity index (χ1) is 7.54. The van der Waals surface area contributed by atoms with E-state index in [1.165, 1.54) is 5.56 Å². The summed E-state index contributed by atoms with van der Waals surface area (Å²) in [4.78, 5) is 13.8. The molecule has 3 heteroatoms. The van der Waals surface area contributed by atoms with Crippen LogP contribution < -0.4 is 0 Å². The van der Waals surface area contributed by atoms with Crippen molar-refractivity contribution in [2.75, 3.05) is 20.2 Å².